The minimum Gasteiger partial charge on any atom is -0.483 e. The quantitative estimate of drug-likeness (QED) is 0.438. The van der Waals surface area contributed by atoms with E-state index < -0.39 is 23.8 Å². The van der Waals surface area contributed by atoms with Crippen LogP contribution >= 0.6 is 23.4 Å². The average Bonchev–Trinajstić information content (AvgIpc) is 3.09. The Balaban J connectivity index is 1.62. The van der Waals surface area contributed by atoms with Crippen LogP contribution in [0.1, 0.15) is 30.0 Å². The molecule has 3 aromatic rings. The Labute approximate surface area is 192 Å². The van der Waals surface area contributed by atoms with E-state index >= 15 is 0 Å². The monoisotopic (exact) mass is 484 g/mol. The predicted octanol–water partition coefficient (Wildman–Crippen LogP) is 5.67. The Kier molecular flexibility index (Phi) is 7.35. The highest BCUT2D eigenvalue weighted by molar-refractivity contribution is 7.99. The molecule has 6 nitrogen and oxygen atoms in total. The first kappa shape index (κ1) is 23.9. The second-order valence-electron chi connectivity index (χ2n) is 6.95. The molecule has 1 atom stereocenters. The number of anilines is 1. The zero-order chi connectivity index (χ0) is 23.5. The molecule has 0 saturated heterocycles. The van der Waals surface area contributed by atoms with Crippen molar-refractivity contribution in [2.24, 2.45) is 7.05 Å². The number of halogens is 4. The SMILES string of the molecule is Cc1cc(OC(C)c2nnc(SCC(=O)Nc3ccccc3C(F)(F)F)n2C)ccc1Cl. The minimum absolute atomic E-state index is 0.135. The Hall–Kier alpha value is -2.72. The van der Waals surface area contributed by atoms with Crippen LogP contribution in [0.25, 0.3) is 0 Å². The van der Waals surface area contributed by atoms with Crippen LogP contribution in [0, 0.1) is 6.92 Å². The van der Waals surface area contributed by atoms with E-state index in [9.17, 15) is 18.0 Å². The van der Waals surface area contributed by atoms with Gasteiger partial charge in [0.2, 0.25) is 5.91 Å². The number of rotatable bonds is 7. The normalized spacial score (nSPS) is 12.5. The molecule has 1 N–H and O–H groups in total. The van der Waals surface area contributed by atoms with Gasteiger partial charge < -0.3 is 14.6 Å². The number of hydrogen-bond acceptors (Lipinski definition) is 5. The van der Waals surface area contributed by atoms with Gasteiger partial charge in [-0.1, -0.05) is 35.5 Å². The van der Waals surface area contributed by atoms with Crippen LogP contribution in [0.4, 0.5) is 18.9 Å². The van der Waals surface area contributed by atoms with E-state index in [1.807, 2.05) is 19.9 Å². The number of nitrogens with zero attached hydrogens (tertiary/aromatic N) is 3. The van der Waals surface area contributed by atoms with Gasteiger partial charge in [0.15, 0.2) is 17.1 Å². The third-order valence-electron chi connectivity index (χ3n) is 4.51. The van der Waals surface area contributed by atoms with E-state index in [0.29, 0.717) is 21.8 Å². The van der Waals surface area contributed by atoms with Crippen LogP contribution in [0.2, 0.25) is 5.02 Å². The van der Waals surface area contributed by atoms with Crippen molar-refractivity contribution < 1.29 is 22.7 Å². The number of alkyl halides is 3. The number of ether oxygens (including phenoxy) is 1. The molecule has 11 heteroatoms. The van der Waals surface area contributed by atoms with Gasteiger partial charge in [0.05, 0.1) is 17.0 Å². The van der Waals surface area contributed by atoms with Gasteiger partial charge >= 0.3 is 6.18 Å². The summed E-state index contributed by atoms with van der Waals surface area (Å²) in [7, 11) is 1.72. The molecule has 0 fully saturated rings. The number of nitrogens with one attached hydrogen (secondary N) is 1. The van der Waals surface area contributed by atoms with Crippen molar-refractivity contribution in [2.45, 2.75) is 31.3 Å². The predicted molar refractivity (Wildman–Crippen MR) is 117 cm³/mol. The van der Waals surface area contributed by atoms with Crippen LogP contribution in [-0.2, 0) is 18.0 Å². The number of aromatic nitrogens is 3. The van der Waals surface area contributed by atoms with Crippen LogP contribution in [0.5, 0.6) is 5.75 Å². The molecular formula is C21H20ClF3N4O2S. The summed E-state index contributed by atoms with van der Waals surface area (Å²) < 4.78 is 46.8. The van der Waals surface area contributed by atoms with Crippen LogP contribution in [0.15, 0.2) is 47.6 Å². The zero-order valence-electron chi connectivity index (χ0n) is 17.4. The number of carbonyl (C=O) groups excluding carboxylic acids is 1. The summed E-state index contributed by atoms with van der Waals surface area (Å²) in [5.74, 6) is 0.434. The van der Waals surface area contributed by atoms with Gasteiger partial charge in [-0.05, 0) is 49.7 Å². The highest BCUT2D eigenvalue weighted by Gasteiger charge is 2.33. The lowest BCUT2D eigenvalue weighted by Crippen LogP contribution is -2.18. The van der Waals surface area contributed by atoms with Crippen molar-refractivity contribution in [3.05, 3.63) is 64.4 Å². The number of carbonyl (C=O) groups is 1. The van der Waals surface area contributed by atoms with Gasteiger partial charge in [-0.15, -0.1) is 10.2 Å². The van der Waals surface area contributed by atoms with E-state index in [1.54, 1.807) is 23.7 Å². The van der Waals surface area contributed by atoms with Gasteiger partial charge in [0.25, 0.3) is 0 Å². The van der Waals surface area contributed by atoms with E-state index in [0.717, 1.165) is 23.4 Å². The maximum absolute atomic E-state index is 13.1. The number of para-hydroxylation sites is 1. The summed E-state index contributed by atoms with van der Waals surface area (Å²) >= 11 is 7.09. The lowest BCUT2D eigenvalue weighted by molar-refractivity contribution is -0.137. The molecule has 1 heterocycles. The number of hydrogen-bond donors (Lipinski definition) is 1. The molecule has 170 valence electrons. The fraction of sp³-hybridized carbons (Fsp3) is 0.286. The van der Waals surface area contributed by atoms with E-state index in [1.165, 1.54) is 18.2 Å². The third-order valence-corrected chi connectivity index (χ3v) is 5.96. The Morgan fingerprint density at radius 1 is 1.25 bits per heavy atom. The second kappa shape index (κ2) is 9.83. The van der Waals surface area contributed by atoms with Gasteiger partial charge in [-0.3, -0.25) is 4.79 Å². The molecule has 0 aliphatic heterocycles. The smallest absolute Gasteiger partial charge is 0.418 e. The fourth-order valence-corrected chi connectivity index (χ4v) is 3.74. The molecule has 1 aromatic heterocycles. The highest BCUT2D eigenvalue weighted by Crippen LogP contribution is 2.34. The first-order chi connectivity index (χ1) is 15.1. The van der Waals surface area contributed by atoms with Crippen LogP contribution < -0.4 is 10.1 Å². The third kappa shape index (κ3) is 5.74. The number of amides is 1. The molecular weight excluding hydrogens is 465 g/mol. The average molecular weight is 485 g/mol. The minimum atomic E-state index is -4.56. The molecule has 32 heavy (non-hydrogen) atoms. The Morgan fingerprint density at radius 3 is 2.66 bits per heavy atom. The summed E-state index contributed by atoms with van der Waals surface area (Å²) in [6, 6.07) is 10.1. The Bertz CT molecular complexity index is 1120. The molecule has 0 aliphatic rings. The number of benzene rings is 2. The zero-order valence-corrected chi connectivity index (χ0v) is 19.0. The van der Waals surface area contributed by atoms with Crippen molar-refractivity contribution in [3.63, 3.8) is 0 Å². The molecule has 0 saturated carbocycles. The maximum atomic E-state index is 13.1. The Morgan fingerprint density at radius 2 is 1.97 bits per heavy atom. The van der Waals surface area contributed by atoms with E-state index in [2.05, 4.69) is 15.5 Å². The molecule has 0 radical (unpaired) electrons. The molecule has 0 bridgehead atoms. The van der Waals surface area contributed by atoms with Crippen molar-refractivity contribution in [1.82, 2.24) is 14.8 Å². The van der Waals surface area contributed by atoms with Crippen LogP contribution in [0.3, 0.4) is 0 Å². The van der Waals surface area contributed by atoms with Gasteiger partial charge in [-0.2, -0.15) is 13.2 Å². The van der Waals surface area contributed by atoms with Crippen molar-refractivity contribution in [3.8, 4) is 5.75 Å². The topological polar surface area (TPSA) is 69.0 Å². The first-order valence-electron chi connectivity index (χ1n) is 9.47. The summed E-state index contributed by atoms with van der Waals surface area (Å²) in [5.41, 5.74) is -0.309. The standard InChI is InChI=1S/C21H20ClF3N4O2S/c1-12-10-14(8-9-16(12)22)31-13(2)19-27-28-20(29(19)3)32-11-18(30)26-17-7-5-4-6-15(17)21(23,24)25/h4-10,13H,11H2,1-3H3,(H,26,30). The van der Waals surface area contributed by atoms with Crippen LogP contribution in [-0.4, -0.2) is 26.4 Å². The largest absolute Gasteiger partial charge is 0.483 e. The lowest BCUT2D eigenvalue weighted by atomic mass is 10.1. The molecule has 2 aromatic carbocycles. The summed E-state index contributed by atoms with van der Waals surface area (Å²) in [5, 5.41) is 11.6. The number of thioether (sulfide) groups is 1. The number of aryl methyl sites for hydroxylation is 1. The van der Waals surface area contributed by atoms with Gasteiger partial charge in [0, 0.05) is 12.1 Å². The fourth-order valence-electron chi connectivity index (χ4n) is 2.91. The van der Waals surface area contributed by atoms with Gasteiger partial charge in [-0.25, -0.2) is 0 Å². The summed E-state index contributed by atoms with van der Waals surface area (Å²) in [4.78, 5) is 12.2. The molecule has 0 spiro atoms. The van der Waals surface area contributed by atoms with Crippen molar-refractivity contribution in [2.75, 3.05) is 11.1 Å². The van der Waals surface area contributed by atoms with Gasteiger partial charge in [0.1, 0.15) is 5.75 Å². The second-order valence-corrected chi connectivity index (χ2v) is 8.30. The van der Waals surface area contributed by atoms with E-state index in [-0.39, 0.29) is 11.4 Å². The summed E-state index contributed by atoms with van der Waals surface area (Å²) in [6.45, 7) is 3.68. The van der Waals surface area contributed by atoms with Crippen molar-refractivity contribution >= 4 is 35.0 Å². The summed E-state index contributed by atoms with van der Waals surface area (Å²) in [6.07, 6.45) is -5.00. The maximum Gasteiger partial charge on any atom is 0.418 e. The molecule has 1 unspecified atom stereocenters. The first-order valence-corrected chi connectivity index (χ1v) is 10.8. The highest BCUT2D eigenvalue weighted by atomic mass is 35.5. The molecule has 0 aliphatic carbocycles. The lowest BCUT2D eigenvalue weighted by Gasteiger charge is -2.15. The van der Waals surface area contributed by atoms with Crippen molar-refractivity contribution in [1.29, 1.82) is 0 Å². The molecule has 1 amide bonds. The van der Waals surface area contributed by atoms with E-state index in [4.69, 9.17) is 16.3 Å². The molecule has 3 rings (SSSR count).